The molecule has 2 amide bonds. The average molecular weight is 603 g/mol. The molecule has 9 heteroatoms. The van der Waals surface area contributed by atoms with E-state index in [4.69, 9.17) is 25.8 Å². The second-order valence-electron chi connectivity index (χ2n) is 10.3. The van der Waals surface area contributed by atoms with E-state index in [2.05, 4.69) is 10.6 Å². The number of aliphatic hydroxyl groups is 1. The maximum absolute atomic E-state index is 13.7. The summed E-state index contributed by atoms with van der Waals surface area (Å²) in [6.07, 6.45) is -0.423. The minimum atomic E-state index is -1.29. The zero-order valence-corrected chi connectivity index (χ0v) is 25.3. The maximum atomic E-state index is 13.7. The molecular formula is C34H35ClN2O6. The van der Waals surface area contributed by atoms with Crippen LogP contribution in [0.25, 0.3) is 0 Å². The number of nitrogens with one attached hydrogen (secondary N) is 2. The van der Waals surface area contributed by atoms with Crippen LogP contribution in [0.4, 0.5) is 0 Å². The fraction of sp³-hybridized carbons (Fsp3) is 0.235. The van der Waals surface area contributed by atoms with Gasteiger partial charge in [-0.1, -0.05) is 54.1 Å². The lowest BCUT2D eigenvalue weighted by atomic mass is 9.90. The number of hydrogen-bond donors (Lipinski definition) is 3. The van der Waals surface area contributed by atoms with Crippen molar-refractivity contribution in [2.45, 2.75) is 38.5 Å². The highest BCUT2D eigenvalue weighted by Gasteiger charge is 2.35. The van der Waals surface area contributed by atoms with Gasteiger partial charge in [0.05, 0.1) is 25.3 Å². The van der Waals surface area contributed by atoms with E-state index < -0.39 is 11.6 Å². The number of methoxy groups -OCH3 is 2. The first kappa shape index (κ1) is 31.4. The molecule has 8 nitrogen and oxygen atoms in total. The van der Waals surface area contributed by atoms with E-state index in [1.807, 2.05) is 24.3 Å². The molecular weight excluding hydrogens is 568 g/mol. The van der Waals surface area contributed by atoms with Crippen LogP contribution >= 0.6 is 11.6 Å². The number of carbonyl (C=O) groups is 2. The number of ether oxygens (including phenoxy) is 3. The topological polar surface area (TPSA) is 106 Å². The Kier molecular flexibility index (Phi) is 10.3. The van der Waals surface area contributed by atoms with Gasteiger partial charge >= 0.3 is 0 Å². The second-order valence-corrected chi connectivity index (χ2v) is 10.7. The Morgan fingerprint density at radius 1 is 0.860 bits per heavy atom. The lowest BCUT2D eigenvalue weighted by molar-refractivity contribution is -0.126. The summed E-state index contributed by atoms with van der Waals surface area (Å²) in [6, 6.07) is 26.5. The standard InChI is InChI=1S/C34H35ClN2O6/c1-22(38)26-13-17-29(28(35)19-26)43-27-14-10-23(11-15-27)21-36-33(40)34(2,37-32(39)25-8-6-5-7-9-25)20-24-12-16-30(41-3)31(18-24)42-4/h5-19,22,38H,20-21H2,1-4H3,(H,36,40)(H,37,39). The first-order chi connectivity index (χ1) is 20.6. The van der Waals surface area contributed by atoms with Crippen LogP contribution in [0.3, 0.4) is 0 Å². The fourth-order valence-electron chi connectivity index (χ4n) is 4.53. The summed E-state index contributed by atoms with van der Waals surface area (Å²) < 4.78 is 16.7. The zero-order valence-electron chi connectivity index (χ0n) is 24.5. The molecule has 4 rings (SSSR count). The third-order valence-corrected chi connectivity index (χ3v) is 7.27. The average Bonchev–Trinajstić information content (AvgIpc) is 3.01. The molecule has 0 aliphatic rings. The van der Waals surface area contributed by atoms with E-state index >= 15 is 0 Å². The predicted octanol–water partition coefficient (Wildman–Crippen LogP) is 6.25. The number of hydrogen-bond acceptors (Lipinski definition) is 6. The molecule has 0 aliphatic carbocycles. The van der Waals surface area contributed by atoms with Gasteiger partial charge < -0.3 is 30.0 Å². The molecule has 0 aromatic heterocycles. The molecule has 224 valence electrons. The lowest BCUT2D eigenvalue weighted by Gasteiger charge is -2.30. The predicted molar refractivity (Wildman–Crippen MR) is 166 cm³/mol. The summed E-state index contributed by atoms with van der Waals surface area (Å²) in [5.74, 6) is 1.41. The molecule has 0 spiro atoms. The molecule has 0 fully saturated rings. The summed E-state index contributed by atoms with van der Waals surface area (Å²) in [6.45, 7) is 3.59. The van der Waals surface area contributed by atoms with Crippen molar-refractivity contribution in [1.82, 2.24) is 10.6 Å². The van der Waals surface area contributed by atoms with E-state index in [0.29, 0.717) is 39.1 Å². The minimum Gasteiger partial charge on any atom is -0.493 e. The van der Waals surface area contributed by atoms with Gasteiger partial charge in [-0.3, -0.25) is 9.59 Å². The number of amides is 2. The quantitative estimate of drug-likeness (QED) is 0.177. The third-order valence-electron chi connectivity index (χ3n) is 6.97. The van der Waals surface area contributed by atoms with Crippen LogP contribution < -0.4 is 24.8 Å². The van der Waals surface area contributed by atoms with Crippen molar-refractivity contribution in [2.24, 2.45) is 0 Å². The molecule has 0 heterocycles. The highest BCUT2D eigenvalue weighted by molar-refractivity contribution is 6.32. The first-order valence-corrected chi connectivity index (χ1v) is 14.1. The van der Waals surface area contributed by atoms with Gasteiger partial charge in [0, 0.05) is 18.5 Å². The van der Waals surface area contributed by atoms with Gasteiger partial charge in [-0.05, 0) is 79.1 Å². The third kappa shape index (κ3) is 8.06. The van der Waals surface area contributed by atoms with Crippen molar-refractivity contribution in [3.63, 3.8) is 0 Å². The fourth-order valence-corrected chi connectivity index (χ4v) is 4.76. The van der Waals surface area contributed by atoms with E-state index in [9.17, 15) is 14.7 Å². The Morgan fingerprint density at radius 2 is 1.51 bits per heavy atom. The van der Waals surface area contributed by atoms with Crippen LogP contribution in [-0.2, 0) is 17.8 Å². The molecule has 0 saturated carbocycles. The Bertz CT molecular complexity index is 1560. The van der Waals surface area contributed by atoms with Crippen molar-refractivity contribution >= 4 is 23.4 Å². The van der Waals surface area contributed by atoms with E-state index in [-0.39, 0.29) is 24.8 Å². The van der Waals surface area contributed by atoms with Crippen molar-refractivity contribution in [2.75, 3.05) is 14.2 Å². The number of aliphatic hydroxyl groups excluding tert-OH is 1. The molecule has 0 bridgehead atoms. The van der Waals surface area contributed by atoms with E-state index in [0.717, 1.165) is 11.1 Å². The van der Waals surface area contributed by atoms with Gasteiger partial charge in [-0.15, -0.1) is 0 Å². The number of benzene rings is 4. The van der Waals surface area contributed by atoms with Crippen LogP contribution in [-0.4, -0.2) is 36.7 Å². The van der Waals surface area contributed by atoms with Crippen LogP contribution in [0, 0.1) is 0 Å². The Labute approximate surface area is 256 Å². The van der Waals surface area contributed by atoms with Crippen LogP contribution in [0.2, 0.25) is 5.02 Å². The SMILES string of the molecule is COc1ccc(CC(C)(NC(=O)c2ccccc2)C(=O)NCc2ccc(Oc3ccc(C(C)O)cc3Cl)cc2)cc1OC. The second kappa shape index (κ2) is 14.1. The molecule has 2 atom stereocenters. The van der Waals surface area contributed by atoms with Gasteiger partial charge in [-0.25, -0.2) is 0 Å². The van der Waals surface area contributed by atoms with Crippen molar-refractivity contribution < 1.29 is 28.9 Å². The minimum absolute atomic E-state index is 0.207. The van der Waals surface area contributed by atoms with E-state index in [1.54, 1.807) is 94.8 Å². The highest BCUT2D eigenvalue weighted by atomic mass is 35.5. The van der Waals surface area contributed by atoms with Gasteiger partial charge in [-0.2, -0.15) is 0 Å². The Balaban J connectivity index is 1.48. The summed E-state index contributed by atoms with van der Waals surface area (Å²) >= 11 is 6.32. The van der Waals surface area contributed by atoms with Gasteiger partial charge in [0.15, 0.2) is 11.5 Å². The molecule has 4 aromatic carbocycles. The number of rotatable bonds is 12. The Hall–Kier alpha value is -4.53. The van der Waals surface area contributed by atoms with Crippen LogP contribution in [0.1, 0.15) is 47.0 Å². The summed E-state index contributed by atoms with van der Waals surface area (Å²) in [7, 11) is 3.10. The monoisotopic (exact) mass is 602 g/mol. The largest absolute Gasteiger partial charge is 0.493 e. The smallest absolute Gasteiger partial charge is 0.252 e. The zero-order chi connectivity index (χ0) is 31.0. The molecule has 0 saturated heterocycles. The van der Waals surface area contributed by atoms with Crippen molar-refractivity contribution in [3.8, 4) is 23.0 Å². The summed E-state index contributed by atoms with van der Waals surface area (Å²) in [5.41, 5.74) is 1.47. The first-order valence-electron chi connectivity index (χ1n) is 13.7. The number of halogens is 1. The molecule has 4 aromatic rings. The van der Waals surface area contributed by atoms with Gasteiger partial charge in [0.25, 0.3) is 5.91 Å². The maximum Gasteiger partial charge on any atom is 0.252 e. The van der Waals surface area contributed by atoms with Gasteiger partial charge in [0.2, 0.25) is 5.91 Å². The highest BCUT2D eigenvalue weighted by Crippen LogP contribution is 2.32. The molecule has 0 radical (unpaired) electrons. The van der Waals surface area contributed by atoms with Crippen LogP contribution in [0.5, 0.6) is 23.0 Å². The molecule has 3 N–H and O–H groups in total. The summed E-state index contributed by atoms with van der Waals surface area (Å²) in [5, 5.41) is 16.0. The Morgan fingerprint density at radius 3 is 2.14 bits per heavy atom. The van der Waals surface area contributed by atoms with E-state index in [1.165, 1.54) is 0 Å². The molecule has 43 heavy (non-hydrogen) atoms. The van der Waals surface area contributed by atoms with Gasteiger partial charge in [0.1, 0.15) is 17.0 Å². The normalized spacial score (nSPS) is 12.9. The lowest BCUT2D eigenvalue weighted by Crippen LogP contribution is -2.58. The van der Waals surface area contributed by atoms with Crippen molar-refractivity contribution in [1.29, 1.82) is 0 Å². The number of carbonyl (C=O) groups excluding carboxylic acids is 2. The molecule has 0 aliphatic heterocycles. The summed E-state index contributed by atoms with van der Waals surface area (Å²) in [4.78, 5) is 26.8. The van der Waals surface area contributed by atoms with Crippen molar-refractivity contribution in [3.05, 3.63) is 118 Å². The van der Waals surface area contributed by atoms with Crippen LogP contribution in [0.15, 0.2) is 91.0 Å². The molecule has 2 unspecified atom stereocenters.